The first-order valence-corrected chi connectivity index (χ1v) is 4.25. The molecule has 1 nitrogen and oxygen atoms in total. The van der Waals surface area contributed by atoms with Gasteiger partial charge in [0.15, 0.2) is 0 Å². The van der Waals surface area contributed by atoms with Crippen LogP contribution in [0.25, 0.3) is 0 Å². The molecule has 0 bridgehead atoms. The molecule has 0 aliphatic rings. The zero-order valence-electron chi connectivity index (χ0n) is 6.11. The topological polar surface area (TPSA) is 12.0 Å². The summed E-state index contributed by atoms with van der Waals surface area (Å²) in [6.07, 6.45) is 0. The molecule has 0 radical (unpaired) electrons. The fourth-order valence-electron chi connectivity index (χ4n) is 1.03. The van der Waals surface area contributed by atoms with Crippen LogP contribution < -0.4 is 3.53 Å². The molecular weight excluding hydrogens is 237 g/mol. The number of halogens is 1. The lowest BCUT2D eigenvalue weighted by molar-refractivity contribution is 1.39. The van der Waals surface area contributed by atoms with E-state index in [0.717, 1.165) is 0 Å². The van der Waals surface area contributed by atoms with Gasteiger partial charge in [0.2, 0.25) is 0 Å². The van der Waals surface area contributed by atoms with Crippen LogP contribution in [0.1, 0.15) is 11.1 Å². The van der Waals surface area contributed by atoms with Crippen LogP contribution in [-0.4, -0.2) is 0 Å². The molecule has 1 rings (SSSR count). The summed E-state index contributed by atoms with van der Waals surface area (Å²) >= 11 is 2.14. The Labute approximate surface area is 75.3 Å². The predicted octanol–water partition coefficient (Wildman–Crippen LogP) is 3.07. The first kappa shape index (κ1) is 7.85. The van der Waals surface area contributed by atoms with E-state index < -0.39 is 0 Å². The van der Waals surface area contributed by atoms with Crippen LogP contribution in [0.3, 0.4) is 0 Å². The molecule has 0 aromatic heterocycles. The van der Waals surface area contributed by atoms with E-state index in [4.69, 9.17) is 0 Å². The maximum atomic E-state index is 3.08. The molecule has 1 aromatic rings. The van der Waals surface area contributed by atoms with Gasteiger partial charge in [-0.15, -0.1) is 0 Å². The van der Waals surface area contributed by atoms with Gasteiger partial charge in [0.1, 0.15) is 0 Å². The summed E-state index contributed by atoms with van der Waals surface area (Å²) in [7, 11) is 0. The van der Waals surface area contributed by atoms with Crippen LogP contribution in [-0.2, 0) is 0 Å². The summed E-state index contributed by atoms with van der Waals surface area (Å²) in [5.41, 5.74) is 3.79. The van der Waals surface area contributed by atoms with Crippen molar-refractivity contribution < 1.29 is 0 Å². The van der Waals surface area contributed by atoms with Crippen molar-refractivity contribution in [3.05, 3.63) is 29.3 Å². The number of anilines is 1. The van der Waals surface area contributed by atoms with Crippen molar-refractivity contribution >= 4 is 28.6 Å². The SMILES string of the molecule is Cc1cc(C)cc(NI)c1. The third kappa shape index (κ3) is 1.87. The molecule has 1 aromatic carbocycles. The van der Waals surface area contributed by atoms with Crippen LogP contribution in [0.4, 0.5) is 5.69 Å². The number of rotatable bonds is 1. The van der Waals surface area contributed by atoms with E-state index in [1.54, 1.807) is 0 Å². The molecular formula is C8H10IN. The number of benzene rings is 1. The number of hydrogen-bond donors (Lipinski definition) is 1. The van der Waals surface area contributed by atoms with E-state index >= 15 is 0 Å². The Balaban J connectivity index is 3.06. The summed E-state index contributed by atoms with van der Waals surface area (Å²) < 4.78 is 3.08. The highest BCUT2D eigenvalue weighted by molar-refractivity contribution is 14.1. The van der Waals surface area contributed by atoms with Gasteiger partial charge in [-0.25, -0.2) is 0 Å². The van der Waals surface area contributed by atoms with Gasteiger partial charge in [0.25, 0.3) is 0 Å². The van der Waals surface area contributed by atoms with E-state index in [9.17, 15) is 0 Å². The molecule has 0 amide bonds. The van der Waals surface area contributed by atoms with Gasteiger partial charge in [0, 0.05) is 5.69 Å². The van der Waals surface area contributed by atoms with Crippen LogP contribution in [0.15, 0.2) is 18.2 Å². The van der Waals surface area contributed by atoms with E-state index in [-0.39, 0.29) is 0 Å². The van der Waals surface area contributed by atoms with Gasteiger partial charge in [-0.2, -0.15) is 0 Å². The molecule has 54 valence electrons. The lowest BCUT2D eigenvalue weighted by Gasteiger charge is -2.01. The molecule has 10 heavy (non-hydrogen) atoms. The minimum atomic E-state index is 1.18. The summed E-state index contributed by atoms with van der Waals surface area (Å²) in [4.78, 5) is 0. The Bertz CT molecular complexity index is 212. The number of hydrogen-bond acceptors (Lipinski definition) is 1. The first-order valence-electron chi connectivity index (χ1n) is 3.17. The molecule has 0 aliphatic heterocycles. The van der Waals surface area contributed by atoms with Crippen molar-refractivity contribution in [1.82, 2.24) is 0 Å². The van der Waals surface area contributed by atoms with Crippen LogP contribution in [0.2, 0.25) is 0 Å². The zero-order valence-corrected chi connectivity index (χ0v) is 8.27. The zero-order chi connectivity index (χ0) is 7.56. The Hall–Kier alpha value is -0.250. The molecule has 0 aliphatic carbocycles. The van der Waals surface area contributed by atoms with E-state index in [0.29, 0.717) is 0 Å². The second kappa shape index (κ2) is 3.23. The van der Waals surface area contributed by atoms with Crippen LogP contribution >= 0.6 is 22.9 Å². The molecule has 0 saturated carbocycles. The van der Waals surface area contributed by atoms with Gasteiger partial charge in [-0.1, -0.05) is 6.07 Å². The van der Waals surface area contributed by atoms with Crippen molar-refractivity contribution in [1.29, 1.82) is 0 Å². The van der Waals surface area contributed by atoms with Crippen LogP contribution in [0.5, 0.6) is 0 Å². The quantitative estimate of drug-likeness (QED) is 0.594. The summed E-state index contributed by atoms with van der Waals surface area (Å²) in [6.45, 7) is 4.20. The fraction of sp³-hybridized carbons (Fsp3) is 0.250. The van der Waals surface area contributed by atoms with Gasteiger partial charge >= 0.3 is 0 Å². The molecule has 2 heteroatoms. The van der Waals surface area contributed by atoms with Crippen molar-refractivity contribution in [3.63, 3.8) is 0 Å². The van der Waals surface area contributed by atoms with E-state index in [1.807, 2.05) is 0 Å². The highest BCUT2D eigenvalue weighted by Crippen LogP contribution is 2.14. The second-order valence-electron chi connectivity index (χ2n) is 2.47. The highest BCUT2D eigenvalue weighted by atomic mass is 127. The first-order chi connectivity index (χ1) is 4.72. The standard InChI is InChI=1S/C8H10IN/c1-6-3-7(2)5-8(4-6)10-9/h3-5,10H,1-2H3. The Morgan fingerprint density at radius 2 is 1.60 bits per heavy atom. The van der Waals surface area contributed by atoms with Crippen molar-refractivity contribution in [2.45, 2.75) is 13.8 Å². The number of aryl methyl sites for hydroxylation is 2. The molecule has 0 fully saturated rings. The minimum absolute atomic E-state index is 1.18. The predicted molar refractivity (Wildman–Crippen MR) is 53.6 cm³/mol. The summed E-state index contributed by atoms with van der Waals surface area (Å²) in [5.74, 6) is 0. The third-order valence-corrected chi connectivity index (χ3v) is 1.95. The average Bonchev–Trinajstić information content (AvgIpc) is 1.85. The fourth-order valence-corrected chi connectivity index (χ4v) is 1.34. The van der Waals surface area contributed by atoms with Gasteiger partial charge in [-0.05, 0) is 37.1 Å². The average molecular weight is 247 g/mol. The van der Waals surface area contributed by atoms with Crippen molar-refractivity contribution in [2.24, 2.45) is 0 Å². The molecule has 0 spiro atoms. The Morgan fingerprint density at radius 3 is 2.00 bits per heavy atom. The third-order valence-electron chi connectivity index (χ3n) is 1.33. The molecule has 1 N–H and O–H groups in total. The smallest absolute Gasteiger partial charge is 0.0560 e. The summed E-state index contributed by atoms with van der Waals surface area (Å²) in [5, 5.41) is 0. The molecule has 0 unspecified atom stereocenters. The molecule has 0 heterocycles. The molecule has 0 saturated heterocycles. The second-order valence-corrected chi connectivity index (χ2v) is 3.01. The van der Waals surface area contributed by atoms with E-state index in [1.165, 1.54) is 16.8 Å². The minimum Gasteiger partial charge on any atom is -0.328 e. The Kier molecular flexibility index (Phi) is 2.54. The lowest BCUT2D eigenvalue weighted by atomic mass is 10.1. The van der Waals surface area contributed by atoms with Crippen molar-refractivity contribution in [3.8, 4) is 0 Å². The maximum Gasteiger partial charge on any atom is 0.0560 e. The van der Waals surface area contributed by atoms with E-state index in [2.05, 4.69) is 58.4 Å². The largest absolute Gasteiger partial charge is 0.328 e. The summed E-state index contributed by atoms with van der Waals surface area (Å²) in [6, 6.07) is 6.41. The number of nitrogens with one attached hydrogen (secondary N) is 1. The van der Waals surface area contributed by atoms with Crippen LogP contribution in [0, 0.1) is 13.8 Å². The van der Waals surface area contributed by atoms with Gasteiger partial charge < -0.3 is 3.53 Å². The molecule has 0 atom stereocenters. The monoisotopic (exact) mass is 247 g/mol. The normalized spacial score (nSPS) is 9.50. The van der Waals surface area contributed by atoms with Gasteiger partial charge in [-0.3, -0.25) is 0 Å². The van der Waals surface area contributed by atoms with Gasteiger partial charge in [0.05, 0.1) is 22.9 Å². The van der Waals surface area contributed by atoms with Crippen molar-refractivity contribution in [2.75, 3.05) is 3.53 Å². The highest BCUT2D eigenvalue weighted by Gasteiger charge is 1.91. The maximum absolute atomic E-state index is 3.08. The lowest BCUT2D eigenvalue weighted by Crippen LogP contribution is -1.82. The Morgan fingerprint density at radius 1 is 1.10 bits per heavy atom.